The van der Waals surface area contributed by atoms with Crippen LogP contribution in [0.15, 0.2) is 30.3 Å². The van der Waals surface area contributed by atoms with Crippen LogP contribution in [0.4, 0.5) is 0 Å². The maximum atomic E-state index is 2.65. The second kappa shape index (κ2) is 5.36. The molecule has 0 saturated carbocycles. The predicted molar refractivity (Wildman–Crippen MR) is 67.1 cm³/mol. The van der Waals surface area contributed by atoms with Gasteiger partial charge < -0.3 is 4.81 Å². The molecule has 0 N–H and O–H groups in total. The number of benzene rings is 1. The van der Waals surface area contributed by atoms with E-state index < -0.39 is 0 Å². The fraction of sp³-hybridized carbons (Fsp3) is 0.538. The molecule has 1 aromatic rings. The van der Waals surface area contributed by atoms with Gasteiger partial charge in [0.1, 0.15) is 0 Å². The first-order valence-corrected chi connectivity index (χ1v) is 6.18. The molecule has 0 atom stereocenters. The van der Waals surface area contributed by atoms with Gasteiger partial charge in [0.2, 0.25) is 6.85 Å². The summed E-state index contributed by atoms with van der Waals surface area (Å²) < 4.78 is 0. The van der Waals surface area contributed by atoms with Gasteiger partial charge in [0.15, 0.2) is 0 Å². The van der Waals surface area contributed by atoms with Crippen molar-refractivity contribution in [1.82, 2.24) is 4.81 Å². The fourth-order valence-corrected chi connectivity index (χ4v) is 2.58. The van der Waals surface area contributed by atoms with Crippen molar-refractivity contribution in [2.75, 3.05) is 6.54 Å². The topological polar surface area (TPSA) is 3.24 Å². The molecule has 0 amide bonds. The third-order valence-corrected chi connectivity index (χ3v) is 3.35. The molecule has 0 bridgehead atoms. The molecule has 0 spiro atoms. The molecule has 1 saturated heterocycles. The third kappa shape index (κ3) is 2.85. The normalized spacial score (nSPS) is 17.3. The van der Waals surface area contributed by atoms with Gasteiger partial charge >= 0.3 is 0 Å². The highest BCUT2D eigenvalue weighted by Crippen LogP contribution is 2.21. The molecule has 0 radical (unpaired) electrons. The lowest BCUT2D eigenvalue weighted by Crippen LogP contribution is -2.32. The first kappa shape index (κ1) is 10.8. The summed E-state index contributed by atoms with van der Waals surface area (Å²) in [5, 5.41) is 0. The van der Waals surface area contributed by atoms with E-state index in [1.807, 2.05) is 0 Å². The van der Waals surface area contributed by atoms with Crippen molar-refractivity contribution in [3.8, 4) is 0 Å². The van der Waals surface area contributed by atoms with E-state index in [4.69, 9.17) is 0 Å². The molecule has 80 valence electrons. The summed E-state index contributed by atoms with van der Waals surface area (Å²) in [6, 6.07) is 10.8. The molecule has 0 unspecified atom stereocenters. The Hall–Kier alpha value is -0.755. The molecule has 1 nitrogen and oxygen atoms in total. The van der Waals surface area contributed by atoms with Crippen molar-refractivity contribution >= 4 is 6.85 Å². The van der Waals surface area contributed by atoms with Gasteiger partial charge in [-0.25, -0.2) is 0 Å². The van der Waals surface area contributed by atoms with Crippen molar-refractivity contribution < 1.29 is 0 Å². The second-order valence-electron chi connectivity index (χ2n) is 4.54. The highest BCUT2D eigenvalue weighted by Gasteiger charge is 2.26. The molecule has 1 aliphatic rings. The average molecular weight is 201 g/mol. The van der Waals surface area contributed by atoms with Crippen LogP contribution in [0.2, 0.25) is 12.6 Å². The van der Waals surface area contributed by atoms with Crippen LogP contribution in [-0.4, -0.2) is 18.2 Å². The van der Waals surface area contributed by atoms with Crippen LogP contribution in [0.3, 0.4) is 0 Å². The molecular weight excluding hydrogens is 181 g/mol. The van der Waals surface area contributed by atoms with Crippen LogP contribution in [0.1, 0.15) is 25.3 Å². The first-order chi connectivity index (χ1) is 7.40. The summed E-state index contributed by atoms with van der Waals surface area (Å²) in [5.74, 6) is 0. The Labute approximate surface area is 93.6 Å². The Balaban J connectivity index is 1.93. The zero-order valence-electron chi connectivity index (χ0n) is 9.65. The zero-order valence-corrected chi connectivity index (χ0v) is 9.65. The predicted octanol–water partition coefficient (Wildman–Crippen LogP) is 3.29. The van der Waals surface area contributed by atoms with E-state index in [0.29, 0.717) is 0 Å². The minimum absolute atomic E-state index is 0.843. The van der Waals surface area contributed by atoms with Crippen molar-refractivity contribution in [3.63, 3.8) is 0 Å². The Morgan fingerprint density at radius 2 is 2.07 bits per heavy atom. The van der Waals surface area contributed by atoms with Crippen molar-refractivity contribution in [3.05, 3.63) is 35.9 Å². The number of hydrogen-bond acceptors (Lipinski definition) is 1. The van der Waals surface area contributed by atoms with Crippen LogP contribution >= 0.6 is 0 Å². The zero-order chi connectivity index (χ0) is 10.5. The van der Waals surface area contributed by atoms with E-state index in [1.165, 1.54) is 37.6 Å². The summed E-state index contributed by atoms with van der Waals surface area (Å²) in [4.78, 5) is 2.65. The van der Waals surface area contributed by atoms with Gasteiger partial charge in [-0.15, -0.1) is 0 Å². The lowest BCUT2D eigenvalue weighted by Gasteiger charge is -2.21. The van der Waals surface area contributed by atoms with E-state index in [-0.39, 0.29) is 0 Å². The average Bonchev–Trinajstić information content (AvgIpc) is 2.68. The summed E-state index contributed by atoms with van der Waals surface area (Å²) in [6.07, 6.45) is 5.47. The van der Waals surface area contributed by atoms with Gasteiger partial charge in [0, 0.05) is 6.54 Å². The number of nitrogens with zero attached hydrogens (tertiary/aromatic N) is 1. The van der Waals surface area contributed by atoms with E-state index in [2.05, 4.69) is 42.1 Å². The summed E-state index contributed by atoms with van der Waals surface area (Å²) >= 11 is 0. The molecule has 1 fully saturated rings. The molecule has 1 aromatic carbocycles. The standard InChI is InChI=1S/C13H20BN/c1-2-9-14-10-6-11-15(14)12-13-7-4-3-5-8-13/h3-5,7-8H,2,6,9-12H2,1H3. The minimum atomic E-state index is 0.843. The monoisotopic (exact) mass is 201 g/mol. The third-order valence-electron chi connectivity index (χ3n) is 3.35. The maximum Gasteiger partial charge on any atom is 0.223 e. The lowest BCUT2D eigenvalue weighted by molar-refractivity contribution is 0.459. The molecule has 2 heteroatoms. The minimum Gasteiger partial charge on any atom is -0.338 e. The van der Waals surface area contributed by atoms with E-state index in [9.17, 15) is 0 Å². The molecule has 1 aliphatic heterocycles. The van der Waals surface area contributed by atoms with Gasteiger partial charge in [-0.2, -0.15) is 0 Å². The summed E-state index contributed by atoms with van der Waals surface area (Å²) in [5.41, 5.74) is 1.46. The van der Waals surface area contributed by atoms with Crippen LogP contribution < -0.4 is 0 Å². The molecule has 0 aromatic heterocycles. The van der Waals surface area contributed by atoms with Gasteiger partial charge in [0.25, 0.3) is 0 Å². The highest BCUT2D eigenvalue weighted by molar-refractivity contribution is 6.56. The molecule has 0 aliphatic carbocycles. The Morgan fingerprint density at radius 3 is 2.80 bits per heavy atom. The smallest absolute Gasteiger partial charge is 0.223 e. The van der Waals surface area contributed by atoms with Gasteiger partial charge in [-0.05, 0) is 18.5 Å². The van der Waals surface area contributed by atoms with Crippen molar-refractivity contribution in [1.29, 1.82) is 0 Å². The summed E-state index contributed by atoms with van der Waals surface area (Å²) in [6.45, 7) is 5.57. The van der Waals surface area contributed by atoms with Crippen LogP contribution in [0.5, 0.6) is 0 Å². The second-order valence-corrected chi connectivity index (χ2v) is 4.54. The number of rotatable bonds is 4. The quantitative estimate of drug-likeness (QED) is 0.675. The summed E-state index contributed by atoms with van der Waals surface area (Å²) in [7, 11) is 0. The van der Waals surface area contributed by atoms with Crippen LogP contribution in [0, 0.1) is 0 Å². The van der Waals surface area contributed by atoms with Crippen LogP contribution in [0.25, 0.3) is 0 Å². The molecular formula is C13H20BN. The Bertz CT molecular complexity index is 286. The SMILES string of the molecule is CCCB1CCCN1Cc1ccccc1. The van der Waals surface area contributed by atoms with Crippen LogP contribution in [-0.2, 0) is 6.54 Å². The Kier molecular flexibility index (Phi) is 3.84. The van der Waals surface area contributed by atoms with Gasteiger partial charge in [-0.1, -0.05) is 56.3 Å². The van der Waals surface area contributed by atoms with Crippen molar-refractivity contribution in [2.24, 2.45) is 0 Å². The van der Waals surface area contributed by atoms with E-state index in [0.717, 1.165) is 13.4 Å². The van der Waals surface area contributed by atoms with Crippen molar-refractivity contribution in [2.45, 2.75) is 39.0 Å². The fourth-order valence-electron chi connectivity index (χ4n) is 2.58. The van der Waals surface area contributed by atoms with Gasteiger partial charge in [0.05, 0.1) is 0 Å². The van der Waals surface area contributed by atoms with E-state index >= 15 is 0 Å². The lowest BCUT2D eigenvalue weighted by atomic mass is 9.56. The Morgan fingerprint density at radius 1 is 1.27 bits per heavy atom. The molecule has 2 rings (SSSR count). The number of hydrogen-bond donors (Lipinski definition) is 0. The molecule has 15 heavy (non-hydrogen) atoms. The first-order valence-electron chi connectivity index (χ1n) is 6.18. The van der Waals surface area contributed by atoms with Gasteiger partial charge in [-0.3, -0.25) is 0 Å². The maximum absolute atomic E-state index is 2.65. The largest absolute Gasteiger partial charge is 0.338 e. The molecule has 1 heterocycles. The van der Waals surface area contributed by atoms with E-state index in [1.54, 1.807) is 0 Å². The highest BCUT2D eigenvalue weighted by atomic mass is 15.1.